The van der Waals surface area contributed by atoms with Gasteiger partial charge in [-0.3, -0.25) is 4.79 Å². The zero-order valence-corrected chi connectivity index (χ0v) is 10.3. The number of carbonyl (C=O) groups is 1. The number of amides is 1. The first-order chi connectivity index (χ1) is 7.49. The van der Waals surface area contributed by atoms with E-state index in [0.717, 1.165) is 32.1 Å². The number of nitrogens with two attached hydrogens (primary N) is 1. The lowest BCUT2D eigenvalue weighted by atomic mass is 9.92. The van der Waals surface area contributed by atoms with E-state index in [4.69, 9.17) is 5.73 Å². The van der Waals surface area contributed by atoms with Gasteiger partial charge in [0.25, 0.3) is 0 Å². The predicted octanol–water partition coefficient (Wildman–Crippen LogP) is 0.779. The van der Waals surface area contributed by atoms with Crippen LogP contribution in [0, 0.1) is 5.92 Å². The standard InChI is InChI=1S/C12H24N2O2/c1-8(2)7-11(13)12(16)14-9-3-5-10(15)6-4-9/h8-11,15H,3-7,13H2,1-2H3,(H,14,16). The number of rotatable bonds is 4. The topological polar surface area (TPSA) is 75.4 Å². The molecule has 0 bridgehead atoms. The van der Waals surface area contributed by atoms with Crippen LogP contribution in [-0.2, 0) is 4.79 Å². The Morgan fingerprint density at radius 1 is 1.38 bits per heavy atom. The van der Waals surface area contributed by atoms with Crippen molar-refractivity contribution >= 4 is 5.91 Å². The van der Waals surface area contributed by atoms with Gasteiger partial charge >= 0.3 is 0 Å². The van der Waals surface area contributed by atoms with Crippen molar-refractivity contribution in [1.82, 2.24) is 5.32 Å². The van der Waals surface area contributed by atoms with Crippen LogP contribution in [0.4, 0.5) is 0 Å². The molecule has 0 aromatic rings. The molecule has 0 saturated heterocycles. The third-order valence-electron chi connectivity index (χ3n) is 3.11. The van der Waals surface area contributed by atoms with E-state index < -0.39 is 6.04 Å². The average molecular weight is 228 g/mol. The highest BCUT2D eigenvalue weighted by Crippen LogP contribution is 2.18. The van der Waals surface area contributed by atoms with Crippen molar-refractivity contribution in [2.24, 2.45) is 11.7 Å². The molecule has 1 rings (SSSR count). The Morgan fingerprint density at radius 3 is 2.44 bits per heavy atom. The normalized spacial score (nSPS) is 27.8. The Kier molecular flexibility index (Phi) is 5.22. The summed E-state index contributed by atoms with van der Waals surface area (Å²) in [4.78, 5) is 11.7. The molecular formula is C12H24N2O2. The number of hydrogen-bond donors (Lipinski definition) is 3. The quantitative estimate of drug-likeness (QED) is 0.665. The number of aliphatic hydroxyl groups excluding tert-OH is 1. The fourth-order valence-electron chi connectivity index (χ4n) is 2.14. The van der Waals surface area contributed by atoms with Gasteiger partial charge in [0.2, 0.25) is 5.91 Å². The van der Waals surface area contributed by atoms with Crippen LogP contribution in [0.15, 0.2) is 0 Å². The molecule has 1 amide bonds. The minimum absolute atomic E-state index is 0.0462. The van der Waals surface area contributed by atoms with Crippen molar-refractivity contribution in [3.63, 3.8) is 0 Å². The second-order valence-electron chi connectivity index (χ2n) is 5.25. The van der Waals surface area contributed by atoms with E-state index >= 15 is 0 Å². The van der Waals surface area contributed by atoms with Crippen LogP contribution in [0.2, 0.25) is 0 Å². The molecule has 1 aliphatic carbocycles. The second kappa shape index (κ2) is 6.21. The fraction of sp³-hybridized carbons (Fsp3) is 0.917. The van der Waals surface area contributed by atoms with Crippen LogP contribution in [-0.4, -0.2) is 29.2 Å². The predicted molar refractivity (Wildman–Crippen MR) is 63.8 cm³/mol. The molecule has 1 unspecified atom stereocenters. The van der Waals surface area contributed by atoms with E-state index in [1.165, 1.54) is 0 Å². The summed E-state index contributed by atoms with van der Waals surface area (Å²) in [7, 11) is 0. The molecule has 1 aliphatic rings. The molecule has 4 heteroatoms. The average Bonchev–Trinajstić information content (AvgIpc) is 2.20. The van der Waals surface area contributed by atoms with Gasteiger partial charge in [-0.1, -0.05) is 13.8 Å². The lowest BCUT2D eigenvalue weighted by Gasteiger charge is -2.27. The first-order valence-electron chi connectivity index (χ1n) is 6.23. The lowest BCUT2D eigenvalue weighted by Crippen LogP contribution is -2.47. The Labute approximate surface area is 97.6 Å². The molecule has 94 valence electrons. The lowest BCUT2D eigenvalue weighted by molar-refractivity contribution is -0.123. The van der Waals surface area contributed by atoms with E-state index in [1.807, 2.05) is 0 Å². The van der Waals surface area contributed by atoms with Crippen LogP contribution >= 0.6 is 0 Å². The summed E-state index contributed by atoms with van der Waals surface area (Å²) >= 11 is 0. The monoisotopic (exact) mass is 228 g/mol. The highest BCUT2D eigenvalue weighted by Gasteiger charge is 2.23. The number of carbonyl (C=O) groups excluding carboxylic acids is 1. The maximum atomic E-state index is 11.7. The molecular weight excluding hydrogens is 204 g/mol. The zero-order chi connectivity index (χ0) is 12.1. The summed E-state index contributed by atoms with van der Waals surface area (Å²) < 4.78 is 0. The van der Waals surface area contributed by atoms with E-state index in [2.05, 4.69) is 19.2 Å². The van der Waals surface area contributed by atoms with Crippen molar-refractivity contribution in [3.8, 4) is 0 Å². The van der Waals surface area contributed by atoms with E-state index in [-0.39, 0.29) is 18.1 Å². The van der Waals surface area contributed by atoms with E-state index in [9.17, 15) is 9.90 Å². The Balaban J connectivity index is 2.28. The van der Waals surface area contributed by atoms with Crippen LogP contribution in [0.25, 0.3) is 0 Å². The molecule has 0 aliphatic heterocycles. The van der Waals surface area contributed by atoms with Crippen LogP contribution < -0.4 is 11.1 Å². The molecule has 1 saturated carbocycles. The Morgan fingerprint density at radius 2 is 1.94 bits per heavy atom. The molecule has 0 aromatic carbocycles. The first-order valence-corrected chi connectivity index (χ1v) is 6.23. The smallest absolute Gasteiger partial charge is 0.237 e. The molecule has 4 nitrogen and oxygen atoms in total. The van der Waals surface area contributed by atoms with Crippen LogP contribution in [0.5, 0.6) is 0 Å². The highest BCUT2D eigenvalue weighted by atomic mass is 16.3. The van der Waals surface area contributed by atoms with Gasteiger partial charge in [-0.25, -0.2) is 0 Å². The minimum Gasteiger partial charge on any atom is -0.393 e. The van der Waals surface area contributed by atoms with Crippen molar-refractivity contribution < 1.29 is 9.90 Å². The summed E-state index contributed by atoms with van der Waals surface area (Å²) in [6, 6.07) is -0.194. The molecule has 0 spiro atoms. The largest absolute Gasteiger partial charge is 0.393 e. The summed E-state index contributed by atoms with van der Waals surface area (Å²) in [6.45, 7) is 4.12. The minimum atomic E-state index is -0.396. The summed E-state index contributed by atoms with van der Waals surface area (Å²) in [6.07, 6.45) is 3.83. The fourth-order valence-corrected chi connectivity index (χ4v) is 2.14. The third kappa shape index (κ3) is 4.49. The van der Waals surface area contributed by atoms with Gasteiger partial charge in [-0.05, 0) is 38.0 Å². The van der Waals surface area contributed by atoms with Crippen molar-refractivity contribution in [3.05, 3.63) is 0 Å². The third-order valence-corrected chi connectivity index (χ3v) is 3.11. The van der Waals surface area contributed by atoms with Gasteiger partial charge < -0.3 is 16.2 Å². The summed E-state index contributed by atoms with van der Waals surface area (Å²) in [5.41, 5.74) is 5.80. The van der Waals surface area contributed by atoms with E-state index in [1.54, 1.807) is 0 Å². The van der Waals surface area contributed by atoms with Crippen LogP contribution in [0.1, 0.15) is 46.0 Å². The molecule has 0 radical (unpaired) electrons. The maximum absolute atomic E-state index is 11.7. The molecule has 16 heavy (non-hydrogen) atoms. The van der Waals surface area contributed by atoms with Gasteiger partial charge in [0.15, 0.2) is 0 Å². The Hall–Kier alpha value is -0.610. The summed E-state index contributed by atoms with van der Waals surface area (Å²) in [5.74, 6) is 0.393. The summed E-state index contributed by atoms with van der Waals surface area (Å²) in [5, 5.41) is 12.3. The van der Waals surface area contributed by atoms with Crippen molar-refractivity contribution in [2.45, 2.75) is 64.1 Å². The van der Waals surface area contributed by atoms with Gasteiger partial charge in [-0.15, -0.1) is 0 Å². The van der Waals surface area contributed by atoms with Crippen molar-refractivity contribution in [1.29, 1.82) is 0 Å². The highest BCUT2D eigenvalue weighted by molar-refractivity contribution is 5.81. The van der Waals surface area contributed by atoms with Gasteiger partial charge in [-0.2, -0.15) is 0 Å². The molecule has 1 fully saturated rings. The molecule has 0 aromatic heterocycles. The number of hydrogen-bond acceptors (Lipinski definition) is 3. The van der Waals surface area contributed by atoms with E-state index in [0.29, 0.717) is 5.92 Å². The number of nitrogens with one attached hydrogen (secondary N) is 1. The van der Waals surface area contributed by atoms with Crippen LogP contribution in [0.3, 0.4) is 0 Å². The Bertz CT molecular complexity index is 223. The molecule has 4 N–H and O–H groups in total. The zero-order valence-electron chi connectivity index (χ0n) is 10.3. The van der Waals surface area contributed by atoms with Gasteiger partial charge in [0.1, 0.15) is 0 Å². The second-order valence-corrected chi connectivity index (χ2v) is 5.25. The first kappa shape index (κ1) is 13.5. The van der Waals surface area contributed by atoms with Crippen molar-refractivity contribution in [2.75, 3.05) is 0 Å². The molecule has 1 atom stereocenters. The maximum Gasteiger partial charge on any atom is 0.237 e. The SMILES string of the molecule is CC(C)CC(N)C(=O)NC1CCC(O)CC1. The molecule has 0 heterocycles. The number of aliphatic hydroxyl groups is 1. The van der Waals surface area contributed by atoms with Gasteiger partial charge in [0.05, 0.1) is 12.1 Å². The van der Waals surface area contributed by atoms with Gasteiger partial charge in [0, 0.05) is 6.04 Å².